The Morgan fingerprint density at radius 1 is 1.10 bits per heavy atom. The fraction of sp³-hybridized carbons (Fsp3) is 0.143. The minimum Gasteiger partial charge on any atom is -0.506 e. The standard InChI is InChI=1S/C21H16BrNO6/c1-10-7-12(22)8-11(2)18(10)23-20(27)15(25)9-14(24)17-19(26)13-5-3-4-6-16(13)29-21(17)28/h3-8,26H,9H2,1-2H3,(H,23,27). The lowest BCUT2D eigenvalue weighted by Gasteiger charge is -2.12. The number of aryl methyl sites for hydroxylation is 2. The van der Waals surface area contributed by atoms with E-state index in [0.29, 0.717) is 5.69 Å². The molecule has 0 bridgehead atoms. The predicted octanol–water partition coefficient (Wildman–Crippen LogP) is 3.66. The van der Waals surface area contributed by atoms with E-state index < -0.39 is 40.8 Å². The Balaban J connectivity index is 1.83. The van der Waals surface area contributed by atoms with Crippen molar-refractivity contribution >= 4 is 50.1 Å². The number of rotatable bonds is 5. The first kappa shape index (κ1) is 20.5. The highest BCUT2D eigenvalue weighted by Crippen LogP contribution is 2.27. The second-order valence-electron chi connectivity index (χ2n) is 6.50. The molecule has 2 N–H and O–H groups in total. The van der Waals surface area contributed by atoms with Crippen molar-refractivity contribution in [3.8, 4) is 5.75 Å². The normalized spacial score (nSPS) is 10.7. The number of hydrogen-bond acceptors (Lipinski definition) is 6. The fourth-order valence-electron chi connectivity index (χ4n) is 2.98. The summed E-state index contributed by atoms with van der Waals surface area (Å²) in [6, 6.07) is 9.68. The average molecular weight is 458 g/mol. The number of anilines is 1. The lowest BCUT2D eigenvalue weighted by molar-refractivity contribution is -0.134. The number of para-hydroxylation sites is 1. The van der Waals surface area contributed by atoms with Gasteiger partial charge in [0.1, 0.15) is 16.9 Å². The SMILES string of the molecule is Cc1cc(Br)cc(C)c1NC(=O)C(=O)CC(=O)c1c(O)c2ccccc2oc1=O. The van der Waals surface area contributed by atoms with Gasteiger partial charge in [-0.1, -0.05) is 28.1 Å². The highest BCUT2D eigenvalue weighted by Gasteiger charge is 2.26. The van der Waals surface area contributed by atoms with Gasteiger partial charge in [0.25, 0.3) is 5.91 Å². The van der Waals surface area contributed by atoms with Crippen molar-refractivity contribution in [2.45, 2.75) is 20.3 Å². The van der Waals surface area contributed by atoms with Crippen molar-refractivity contribution < 1.29 is 23.9 Å². The van der Waals surface area contributed by atoms with Gasteiger partial charge in [0.2, 0.25) is 5.78 Å². The predicted molar refractivity (Wildman–Crippen MR) is 110 cm³/mol. The maximum absolute atomic E-state index is 12.4. The molecular formula is C21H16BrNO6. The van der Waals surface area contributed by atoms with E-state index in [0.717, 1.165) is 15.6 Å². The van der Waals surface area contributed by atoms with Gasteiger partial charge in [-0.3, -0.25) is 14.4 Å². The van der Waals surface area contributed by atoms with Gasteiger partial charge in [-0.2, -0.15) is 0 Å². The van der Waals surface area contributed by atoms with Crippen LogP contribution >= 0.6 is 15.9 Å². The first-order chi connectivity index (χ1) is 13.7. The molecule has 0 aliphatic heterocycles. The molecule has 0 spiro atoms. The molecule has 0 fully saturated rings. The van der Waals surface area contributed by atoms with Gasteiger partial charge in [-0.25, -0.2) is 4.79 Å². The van der Waals surface area contributed by atoms with Crippen LogP contribution < -0.4 is 10.9 Å². The van der Waals surface area contributed by atoms with Gasteiger partial charge in [0, 0.05) is 10.2 Å². The van der Waals surface area contributed by atoms with Crippen molar-refractivity contribution in [1.29, 1.82) is 0 Å². The molecule has 3 aromatic rings. The summed E-state index contributed by atoms with van der Waals surface area (Å²) in [6.07, 6.45) is -0.878. The maximum Gasteiger partial charge on any atom is 0.351 e. The Morgan fingerprint density at radius 3 is 2.38 bits per heavy atom. The summed E-state index contributed by atoms with van der Waals surface area (Å²) in [5.41, 5.74) is 0.318. The molecule has 0 aliphatic rings. The fourth-order valence-corrected chi connectivity index (χ4v) is 3.67. The molecule has 0 saturated carbocycles. The molecular weight excluding hydrogens is 442 g/mol. The van der Waals surface area contributed by atoms with Gasteiger partial charge in [0.15, 0.2) is 5.78 Å². The van der Waals surface area contributed by atoms with Gasteiger partial charge in [0.05, 0.1) is 11.8 Å². The molecule has 0 aliphatic carbocycles. The number of halogens is 1. The second kappa shape index (κ2) is 8.00. The summed E-state index contributed by atoms with van der Waals surface area (Å²) in [6.45, 7) is 3.53. The lowest BCUT2D eigenvalue weighted by atomic mass is 10.0. The summed E-state index contributed by atoms with van der Waals surface area (Å²) in [4.78, 5) is 49.1. The van der Waals surface area contributed by atoms with Crippen LogP contribution in [0.3, 0.4) is 0 Å². The molecule has 0 atom stereocenters. The Bertz CT molecular complexity index is 1200. The highest BCUT2D eigenvalue weighted by molar-refractivity contribution is 9.10. The first-order valence-electron chi connectivity index (χ1n) is 8.58. The Labute approximate surface area is 173 Å². The maximum atomic E-state index is 12.4. The number of amides is 1. The third-order valence-corrected chi connectivity index (χ3v) is 4.83. The van der Waals surface area contributed by atoms with Crippen LogP contribution in [0.4, 0.5) is 5.69 Å². The number of carbonyl (C=O) groups is 3. The van der Waals surface area contributed by atoms with Crippen LogP contribution in [0, 0.1) is 13.8 Å². The summed E-state index contributed by atoms with van der Waals surface area (Å²) in [7, 11) is 0. The van der Waals surface area contributed by atoms with Crippen molar-refractivity contribution in [3.05, 3.63) is 68.0 Å². The molecule has 0 unspecified atom stereocenters. The molecule has 0 radical (unpaired) electrons. The molecule has 29 heavy (non-hydrogen) atoms. The van der Waals surface area contributed by atoms with E-state index in [1.54, 1.807) is 38.1 Å². The van der Waals surface area contributed by atoms with Gasteiger partial charge < -0.3 is 14.8 Å². The van der Waals surface area contributed by atoms with Crippen LogP contribution in [0.25, 0.3) is 11.0 Å². The van der Waals surface area contributed by atoms with E-state index in [-0.39, 0.29) is 11.0 Å². The molecule has 8 heteroatoms. The van der Waals surface area contributed by atoms with Gasteiger partial charge >= 0.3 is 5.63 Å². The summed E-state index contributed by atoms with van der Waals surface area (Å²) >= 11 is 3.35. The summed E-state index contributed by atoms with van der Waals surface area (Å²) in [5.74, 6) is -3.60. The van der Waals surface area contributed by atoms with Crippen molar-refractivity contribution in [3.63, 3.8) is 0 Å². The van der Waals surface area contributed by atoms with E-state index in [9.17, 15) is 24.3 Å². The zero-order valence-corrected chi connectivity index (χ0v) is 17.1. The number of aromatic hydroxyl groups is 1. The molecule has 1 heterocycles. The van der Waals surface area contributed by atoms with E-state index >= 15 is 0 Å². The Hall–Kier alpha value is -3.26. The third kappa shape index (κ3) is 4.12. The average Bonchev–Trinajstić information content (AvgIpc) is 2.64. The Kier molecular flexibility index (Phi) is 5.65. The number of hydrogen-bond donors (Lipinski definition) is 2. The number of Topliss-reactive ketones (excluding diaryl/α,β-unsaturated/α-hetero) is 2. The summed E-state index contributed by atoms with van der Waals surface area (Å²) < 4.78 is 5.85. The number of benzene rings is 2. The molecule has 3 rings (SSSR count). The van der Waals surface area contributed by atoms with Crippen molar-refractivity contribution in [2.75, 3.05) is 5.32 Å². The van der Waals surface area contributed by atoms with E-state index in [2.05, 4.69) is 21.2 Å². The minimum absolute atomic E-state index is 0.108. The van der Waals surface area contributed by atoms with Crippen LogP contribution in [-0.4, -0.2) is 22.6 Å². The number of fused-ring (bicyclic) bond motifs is 1. The van der Waals surface area contributed by atoms with Crippen LogP contribution in [0.2, 0.25) is 0 Å². The van der Waals surface area contributed by atoms with E-state index in [4.69, 9.17) is 4.42 Å². The van der Waals surface area contributed by atoms with Crippen molar-refractivity contribution in [1.82, 2.24) is 0 Å². The van der Waals surface area contributed by atoms with Crippen LogP contribution in [0.15, 0.2) is 50.1 Å². The smallest absolute Gasteiger partial charge is 0.351 e. The molecule has 148 valence electrons. The molecule has 0 saturated heterocycles. The topological polar surface area (TPSA) is 114 Å². The van der Waals surface area contributed by atoms with E-state index in [1.165, 1.54) is 12.1 Å². The summed E-state index contributed by atoms with van der Waals surface area (Å²) in [5, 5.41) is 12.9. The van der Waals surface area contributed by atoms with Gasteiger partial charge in [-0.05, 0) is 49.2 Å². The zero-order chi connectivity index (χ0) is 21.3. The number of ketones is 2. The molecule has 7 nitrogen and oxygen atoms in total. The Morgan fingerprint density at radius 2 is 1.72 bits per heavy atom. The van der Waals surface area contributed by atoms with E-state index in [1.807, 2.05) is 0 Å². The molecule has 1 aromatic heterocycles. The number of nitrogens with one attached hydrogen (secondary N) is 1. The van der Waals surface area contributed by atoms with Crippen LogP contribution in [0.5, 0.6) is 5.75 Å². The quantitative estimate of drug-likeness (QED) is 0.261. The largest absolute Gasteiger partial charge is 0.506 e. The highest BCUT2D eigenvalue weighted by atomic mass is 79.9. The minimum atomic E-state index is -1.07. The lowest BCUT2D eigenvalue weighted by Crippen LogP contribution is -2.27. The van der Waals surface area contributed by atoms with Gasteiger partial charge in [-0.15, -0.1) is 0 Å². The molecule has 2 aromatic carbocycles. The number of carbonyl (C=O) groups excluding carboxylic acids is 3. The zero-order valence-electron chi connectivity index (χ0n) is 15.5. The first-order valence-corrected chi connectivity index (χ1v) is 9.37. The van der Waals surface area contributed by atoms with Crippen LogP contribution in [0.1, 0.15) is 27.9 Å². The monoisotopic (exact) mass is 457 g/mol. The van der Waals surface area contributed by atoms with Crippen LogP contribution in [-0.2, 0) is 9.59 Å². The molecule has 1 amide bonds. The second-order valence-corrected chi connectivity index (χ2v) is 7.42. The van der Waals surface area contributed by atoms with Crippen molar-refractivity contribution in [2.24, 2.45) is 0 Å². The third-order valence-electron chi connectivity index (χ3n) is 4.37.